The molecule has 2 aromatic rings. The van der Waals surface area contributed by atoms with Gasteiger partial charge in [-0.3, -0.25) is 9.98 Å². The van der Waals surface area contributed by atoms with E-state index in [2.05, 4.69) is 9.98 Å². The van der Waals surface area contributed by atoms with Gasteiger partial charge in [-0.25, -0.2) is 4.39 Å². The molecule has 0 spiro atoms. The first-order valence-electron chi connectivity index (χ1n) is 9.64. The van der Waals surface area contributed by atoms with Gasteiger partial charge in [0.25, 0.3) is 0 Å². The van der Waals surface area contributed by atoms with Gasteiger partial charge in [-0.2, -0.15) is 0 Å². The third kappa shape index (κ3) is 6.34. The van der Waals surface area contributed by atoms with Gasteiger partial charge in [0.05, 0.1) is 12.8 Å². The summed E-state index contributed by atoms with van der Waals surface area (Å²) in [5.74, 6) is 0.268. The molecule has 0 unspecified atom stereocenters. The summed E-state index contributed by atoms with van der Waals surface area (Å²) in [6.45, 7) is 5.35. The predicted molar refractivity (Wildman–Crippen MR) is 123 cm³/mol. The number of methoxy groups -OCH3 is 1. The Labute approximate surface area is 177 Å². The van der Waals surface area contributed by atoms with Crippen molar-refractivity contribution in [2.75, 3.05) is 19.4 Å². The van der Waals surface area contributed by atoms with E-state index in [1.54, 1.807) is 12.3 Å². The van der Waals surface area contributed by atoms with E-state index in [1.165, 1.54) is 27.2 Å². The molecule has 0 atom stereocenters. The van der Waals surface area contributed by atoms with Crippen LogP contribution in [0.25, 0.3) is 22.9 Å². The summed E-state index contributed by atoms with van der Waals surface area (Å²) in [4.78, 5) is 9.02. The Balaban J connectivity index is 2.42. The first-order chi connectivity index (χ1) is 14.1. The minimum atomic E-state index is -1.26. The summed E-state index contributed by atoms with van der Waals surface area (Å²) in [6.07, 6.45) is 5.12. The number of benzene rings is 1. The van der Waals surface area contributed by atoms with Crippen molar-refractivity contribution in [3.63, 3.8) is 0 Å². The molecule has 0 bridgehead atoms. The van der Waals surface area contributed by atoms with Crippen LogP contribution in [0.4, 0.5) is 10.1 Å². The van der Waals surface area contributed by atoms with Crippen LogP contribution in [0.3, 0.4) is 0 Å². The van der Waals surface area contributed by atoms with Crippen molar-refractivity contribution in [3.05, 3.63) is 59.2 Å². The number of alkyl halides is 1. The molecule has 0 fully saturated rings. The minimum absolute atomic E-state index is 0.268. The fourth-order valence-corrected chi connectivity index (χ4v) is 2.77. The molecule has 0 aliphatic carbocycles. The standard InChI is InChI=1S/C23H30FN5O/c1-15-5-8-19(18(13-25)14-28-10-9-23(2,3)24)22(29-15)17-7-6-16(20(26)11-17)12-21(27)30-4/h5-8,11-14H,9-10,25-27H2,1-4H3/b18-13+,21-12+,28-14?. The number of nitrogens with zero attached hydrogens (tertiary/aromatic N) is 2. The van der Waals surface area contributed by atoms with E-state index in [0.717, 1.165) is 28.1 Å². The molecule has 2 rings (SSSR count). The smallest absolute Gasteiger partial charge is 0.184 e. The lowest BCUT2D eigenvalue weighted by molar-refractivity contribution is 0.206. The van der Waals surface area contributed by atoms with Crippen LogP contribution in [-0.2, 0) is 4.74 Å². The number of nitrogens with two attached hydrogens (primary N) is 3. The van der Waals surface area contributed by atoms with Crippen molar-refractivity contribution in [2.24, 2.45) is 16.5 Å². The summed E-state index contributed by atoms with van der Waals surface area (Å²) >= 11 is 0. The highest BCUT2D eigenvalue weighted by atomic mass is 19.1. The first kappa shape index (κ1) is 22.9. The van der Waals surface area contributed by atoms with Crippen LogP contribution in [0.1, 0.15) is 37.1 Å². The molecule has 7 heteroatoms. The second kappa shape index (κ2) is 9.91. The Morgan fingerprint density at radius 3 is 2.60 bits per heavy atom. The Hall–Kier alpha value is -3.35. The number of hydrogen-bond acceptors (Lipinski definition) is 6. The van der Waals surface area contributed by atoms with Crippen LogP contribution in [0.15, 0.2) is 47.4 Å². The number of anilines is 1. The van der Waals surface area contributed by atoms with E-state index in [-0.39, 0.29) is 5.88 Å². The topological polar surface area (TPSA) is 113 Å². The predicted octanol–water partition coefficient (Wildman–Crippen LogP) is 4.05. The number of hydrogen-bond donors (Lipinski definition) is 3. The van der Waals surface area contributed by atoms with Crippen molar-refractivity contribution < 1.29 is 9.13 Å². The van der Waals surface area contributed by atoms with E-state index in [4.69, 9.17) is 21.9 Å². The van der Waals surface area contributed by atoms with Crippen molar-refractivity contribution in [1.29, 1.82) is 0 Å². The monoisotopic (exact) mass is 411 g/mol. The average Bonchev–Trinajstić information content (AvgIpc) is 2.69. The van der Waals surface area contributed by atoms with Gasteiger partial charge < -0.3 is 21.9 Å². The highest BCUT2D eigenvalue weighted by Crippen LogP contribution is 2.30. The summed E-state index contributed by atoms with van der Waals surface area (Å²) in [5, 5.41) is 0. The molecule has 160 valence electrons. The Morgan fingerprint density at radius 1 is 1.27 bits per heavy atom. The number of pyridine rings is 1. The maximum atomic E-state index is 13.7. The molecule has 0 aliphatic rings. The molecule has 0 aliphatic heterocycles. The normalized spacial score (nSPS) is 13.1. The molecule has 1 aromatic heterocycles. The minimum Gasteiger partial charge on any atom is -0.483 e. The summed E-state index contributed by atoms with van der Waals surface area (Å²) in [5.41, 5.74) is 21.7. The van der Waals surface area contributed by atoms with Gasteiger partial charge in [0.15, 0.2) is 5.88 Å². The lowest BCUT2D eigenvalue weighted by Gasteiger charge is -2.13. The van der Waals surface area contributed by atoms with Crippen LogP contribution in [0.5, 0.6) is 0 Å². The SMILES string of the molecule is CO/C(N)=C/c1ccc(-c2nc(C)ccc2/C(C=NCCC(C)(C)F)=C/N)cc1N. The van der Waals surface area contributed by atoms with Crippen LogP contribution < -0.4 is 17.2 Å². The summed E-state index contributed by atoms with van der Waals surface area (Å²) in [7, 11) is 1.50. The van der Waals surface area contributed by atoms with E-state index in [0.29, 0.717) is 24.2 Å². The number of aliphatic imine (C=N–C) groups is 1. The number of ether oxygens (including phenoxy) is 1. The molecular formula is C23H30FN5O. The largest absolute Gasteiger partial charge is 0.483 e. The molecule has 1 aromatic carbocycles. The number of allylic oxidation sites excluding steroid dienone is 1. The zero-order chi connectivity index (χ0) is 22.3. The first-order valence-corrected chi connectivity index (χ1v) is 9.64. The highest BCUT2D eigenvalue weighted by molar-refractivity contribution is 6.11. The van der Waals surface area contributed by atoms with E-state index in [1.807, 2.05) is 37.3 Å². The van der Waals surface area contributed by atoms with Crippen molar-refractivity contribution in [2.45, 2.75) is 32.9 Å². The molecular weight excluding hydrogens is 381 g/mol. The van der Waals surface area contributed by atoms with E-state index in [9.17, 15) is 4.39 Å². The Kier molecular flexibility index (Phi) is 7.58. The van der Waals surface area contributed by atoms with Crippen LogP contribution in [0, 0.1) is 6.92 Å². The fourth-order valence-electron chi connectivity index (χ4n) is 2.77. The number of rotatable bonds is 8. The van der Waals surface area contributed by atoms with Gasteiger partial charge in [0.1, 0.15) is 5.67 Å². The molecule has 0 saturated carbocycles. The van der Waals surface area contributed by atoms with Gasteiger partial charge in [0, 0.05) is 65.1 Å². The molecule has 1 heterocycles. The summed E-state index contributed by atoms with van der Waals surface area (Å²) in [6, 6.07) is 9.44. The molecule has 6 nitrogen and oxygen atoms in total. The van der Waals surface area contributed by atoms with Gasteiger partial charge in [-0.1, -0.05) is 18.2 Å². The quantitative estimate of drug-likeness (QED) is 0.345. The maximum Gasteiger partial charge on any atom is 0.184 e. The zero-order valence-corrected chi connectivity index (χ0v) is 17.9. The lowest BCUT2D eigenvalue weighted by Crippen LogP contribution is -2.12. The lowest BCUT2D eigenvalue weighted by atomic mass is 9.98. The van der Waals surface area contributed by atoms with Crippen molar-refractivity contribution >= 4 is 23.6 Å². The molecule has 6 N–H and O–H groups in total. The Morgan fingerprint density at radius 2 is 2.00 bits per heavy atom. The third-order valence-electron chi connectivity index (χ3n) is 4.48. The number of aromatic nitrogens is 1. The molecule has 0 saturated heterocycles. The fraction of sp³-hybridized carbons (Fsp3) is 0.304. The molecule has 30 heavy (non-hydrogen) atoms. The van der Waals surface area contributed by atoms with Crippen LogP contribution >= 0.6 is 0 Å². The average molecular weight is 412 g/mol. The number of aryl methyl sites for hydroxylation is 1. The second-order valence-electron chi connectivity index (χ2n) is 7.57. The van der Waals surface area contributed by atoms with Crippen molar-refractivity contribution in [3.8, 4) is 11.3 Å². The Bertz CT molecular complexity index is 974. The van der Waals surface area contributed by atoms with Gasteiger partial charge in [-0.15, -0.1) is 0 Å². The zero-order valence-electron chi connectivity index (χ0n) is 17.9. The van der Waals surface area contributed by atoms with Crippen LogP contribution in [0.2, 0.25) is 0 Å². The number of nitrogen functional groups attached to an aromatic ring is 1. The number of halogens is 1. The highest BCUT2D eigenvalue weighted by Gasteiger charge is 2.15. The van der Waals surface area contributed by atoms with Gasteiger partial charge >= 0.3 is 0 Å². The molecule has 0 radical (unpaired) electrons. The molecule has 0 amide bonds. The van der Waals surface area contributed by atoms with Crippen LogP contribution in [-0.4, -0.2) is 30.5 Å². The van der Waals surface area contributed by atoms with Gasteiger partial charge in [-0.05, 0) is 32.9 Å². The second-order valence-corrected chi connectivity index (χ2v) is 7.57. The maximum absolute atomic E-state index is 13.7. The summed E-state index contributed by atoms with van der Waals surface area (Å²) < 4.78 is 18.6. The third-order valence-corrected chi connectivity index (χ3v) is 4.48. The van der Waals surface area contributed by atoms with E-state index >= 15 is 0 Å². The van der Waals surface area contributed by atoms with Gasteiger partial charge in [0.2, 0.25) is 0 Å². The van der Waals surface area contributed by atoms with E-state index < -0.39 is 5.67 Å². The van der Waals surface area contributed by atoms with Crippen molar-refractivity contribution in [1.82, 2.24) is 4.98 Å².